The second kappa shape index (κ2) is 6.81. The van der Waals surface area contributed by atoms with E-state index in [1.807, 2.05) is 20.8 Å². The summed E-state index contributed by atoms with van der Waals surface area (Å²) in [6.07, 6.45) is 4.92. The Morgan fingerprint density at radius 2 is 1.73 bits per heavy atom. The number of fused-ring (bicyclic) bond motifs is 1. The van der Waals surface area contributed by atoms with E-state index in [0.29, 0.717) is 6.54 Å². The fourth-order valence-electron chi connectivity index (χ4n) is 2.66. The summed E-state index contributed by atoms with van der Waals surface area (Å²) < 4.78 is 0. The molecule has 0 aromatic heterocycles. The van der Waals surface area contributed by atoms with Gasteiger partial charge < -0.3 is 10.6 Å². The van der Waals surface area contributed by atoms with Crippen LogP contribution in [-0.2, 0) is 19.4 Å². The standard InChI is InChI=1S/C17H27N5/c1-17(2,3)22-16(19)21-15(18)20-11-12-8-9-13-6-4-5-7-14(13)10-12/h8-10H,4-7,11H2,1-3H3,(H5,18,19,20,21,22). The number of nitrogens with one attached hydrogen (secondary N) is 5. The molecule has 0 spiro atoms. The fraction of sp³-hybridized carbons (Fsp3) is 0.529. The van der Waals surface area contributed by atoms with Gasteiger partial charge in [-0.3, -0.25) is 16.1 Å². The highest BCUT2D eigenvalue weighted by Gasteiger charge is 2.12. The number of benzene rings is 1. The van der Waals surface area contributed by atoms with Crippen LogP contribution < -0.4 is 16.0 Å². The summed E-state index contributed by atoms with van der Waals surface area (Å²) in [5.41, 5.74) is 3.91. The van der Waals surface area contributed by atoms with Crippen molar-refractivity contribution in [3.63, 3.8) is 0 Å². The van der Waals surface area contributed by atoms with Crippen LogP contribution in [0.1, 0.15) is 50.3 Å². The average molecular weight is 301 g/mol. The minimum atomic E-state index is -0.192. The van der Waals surface area contributed by atoms with E-state index < -0.39 is 0 Å². The largest absolute Gasteiger partial charge is 0.352 e. The summed E-state index contributed by atoms with van der Waals surface area (Å²) in [4.78, 5) is 0. The van der Waals surface area contributed by atoms with Crippen LogP contribution in [0, 0.1) is 10.8 Å². The molecule has 120 valence electrons. The molecule has 0 fully saturated rings. The van der Waals surface area contributed by atoms with Gasteiger partial charge in [0.2, 0.25) is 0 Å². The maximum absolute atomic E-state index is 7.86. The molecule has 0 unspecified atom stereocenters. The van der Waals surface area contributed by atoms with E-state index in [9.17, 15) is 0 Å². The van der Waals surface area contributed by atoms with E-state index in [0.717, 1.165) is 0 Å². The lowest BCUT2D eigenvalue weighted by atomic mass is 9.90. The van der Waals surface area contributed by atoms with Crippen molar-refractivity contribution in [2.75, 3.05) is 0 Å². The van der Waals surface area contributed by atoms with Crippen molar-refractivity contribution in [3.05, 3.63) is 34.9 Å². The van der Waals surface area contributed by atoms with E-state index in [2.05, 4.69) is 34.1 Å². The van der Waals surface area contributed by atoms with Crippen LogP contribution in [0.3, 0.4) is 0 Å². The van der Waals surface area contributed by atoms with Crippen molar-refractivity contribution in [3.8, 4) is 0 Å². The average Bonchev–Trinajstić information content (AvgIpc) is 2.42. The Labute approximate surface area is 132 Å². The van der Waals surface area contributed by atoms with E-state index in [1.165, 1.54) is 42.4 Å². The van der Waals surface area contributed by atoms with Gasteiger partial charge in [0.15, 0.2) is 11.9 Å². The Morgan fingerprint density at radius 3 is 2.41 bits per heavy atom. The summed E-state index contributed by atoms with van der Waals surface area (Å²) in [5, 5.41) is 24.3. The molecule has 0 radical (unpaired) electrons. The number of guanidine groups is 2. The summed E-state index contributed by atoms with van der Waals surface area (Å²) in [6.45, 7) is 6.54. The minimum absolute atomic E-state index is 0.135. The van der Waals surface area contributed by atoms with Crippen molar-refractivity contribution < 1.29 is 0 Å². The van der Waals surface area contributed by atoms with E-state index in [1.54, 1.807) is 0 Å². The first-order valence-electron chi connectivity index (χ1n) is 7.90. The molecule has 1 aliphatic carbocycles. The van der Waals surface area contributed by atoms with Crippen LogP contribution in [0.4, 0.5) is 0 Å². The second-order valence-corrected chi connectivity index (χ2v) is 6.91. The normalized spacial score (nSPS) is 14.0. The smallest absolute Gasteiger partial charge is 0.195 e. The van der Waals surface area contributed by atoms with Crippen molar-refractivity contribution >= 4 is 11.9 Å². The molecule has 1 aromatic carbocycles. The van der Waals surface area contributed by atoms with Gasteiger partial charge in [0.1, 0.15) is 0 Å². The molecule has 1 aliphatic rings. The lowest BCUT2D eigenvalue weighted by molar-refractivity contribution is 0.505. The molecule has 5 heteroatoms. The lowest BCUT2D eigenvalue weighted by Crippen LogP contribution is -2.51. The van der Waals surface area contributed by atoms with Gasteiger partial charge in [-0.25, -0.2) is 0 Å². The molecular weight excluding hydrogens is 274 g/mol. The second-order valence-electron chi connectivity index (χ2n) is 6.91. The number of hydrogen-bond donors (Lipinski definition) is 5. The summed E-state index contributed by atoms with van der Waals surface area (Å²) in [7, 11) is 0. The molecule has 0 heterocycles. The van der Waals surface area contributed by atoms with Gasteiger partial charge in [-0.2, -0.15) is 0 Å². The predicted molar refractivity (Wildman–Crippen MR) is 91.4 cm³/mol. The molecule has 2 rings (SSSR count). The third-order valence-corrected chi connectivity index (χ3v) is 3.63. The van der Waals surface area contributed by atoms with Crippen molar-refractivity contribution in [2.45, 2.75) is 58.5 Å². The molecule has 1 aromatic rings. The van der Waals surface area contributed by atoms with Crippen LogP contribution >= 0.6 is 0 Å². The molecule has 0 saturated heterocycles. The summed E-state index contributed by atoms with van der Waals surface area (Å²) >= 11 is 0. The SMILES string of the molecule is CC(C)(C)NC(=N)NC(=N)NCc1ccc2c(c1)CCCC2. The molecule has 5 N–H and O–H groups in total. The maximum Gasteiger partial charge on any atom is 0.195 e. The van der Waals surface area contributed by atoms with Gasteiger partial charge in [0, 0.05) is 12.1 Å². The zero-order chi connectivity index (χ0) is 16.2. The van der Waals surface area contributed by atoms with Crippen LogP contribution in [-0.4, -0.2) is 17.5 Å². The van der Waals surface area contributed by atoms with Crippen LogP contribution in [0.2, 0.25) is 0 Å². The minimum Gasteiger partial charge on any atom is -0.352 e. The lowest BCUT2D eigenvalue weighted by Gasteiger charge is -2.23. The van der Waals surface area contributed by atoms with Crippen LogP contribution in [0.15, 0.2) is 18.2 Å². The van der Waals surface area contributed by atoms with Gasteiger partial charge >= 0.3 is 0 Å². The Bertz CT molecular complexity index is 557. The Kier molecular flexibility index (Phi) is 5.06. The highest BCUT2D eigenvalue weighted by Crippen LogP contribution is 2.22. The molecule has 22 heavy (non-hydrogen) atoms. The highest BCUT2D eigenvalue weighted by molar-refractivity contribution is 5.95. The van der Waals surface area contributed by atoms with Crippen molar-refractivity contribution in [1.82, 2.24) is 16.0 Å². The third-order valence-electron chi connectivity index (χ3n) is 3.63. The zero-order valence-corrected chi connectivity index (χ0v) is 13.8. The Balaban J connectivity index is 1.82. The third kappa shape index (κ3) is 5.06. The number of hydrogen-bond acceptors (Lipinski definition) is 2. The number of aryl methyl sites for hydroxylation is 2. The summed E-state index contributed by atoms with van der Waals surface area (Å²) in [5.74, 6) is 0.273. The zero-order valence-electron chi connectivity index (χ0n) is 13.8. The Morgan fingerprint density at radius 1 is 1.05 bits per heavy atom. The highest BCUT2D eigenvalue weighted by atomic mass is 15.2. The van der Waals surface area contributed by atoms with Crippen molar-refractivity contribution in [1.29, 1.82) is 10.8 Å². The topological polar surface area (TPSA) is 83.8 Å². The molecule has 0 aliphatic heterocycles. The van der Waals surface area contributed by atoms with E-state index in [4.69, 9.17) is 10.8 Å². The van der Waals surface area contributed by atoms with E-state index in [-0.39, 0.29) is 17.5 Å². The first-order chi connectivity index (χ1) is 10.3. The van der Waals surface area contributed by atoms with Gasteiger partial charge in [-0.15, -0.1) is 0 Å². The van der Waals surface area contributed by atoms with E-state index >= 15 is 0 Å². The molecular formula is C17H27N5. The molecule has 0 amide bonds. The first-order valence-corrected chi connectivity index (χ1v) is 7.90. The van der Waals surface area contributed by atoms with Gasteiger partial charge in [-0.1, -0.05) is 18.2 Å². The van der Waals surface area contributed by atoms with Crippen molar-refractivity contribution in [2.24, 2.45) is 0 Å². The van der Waals surface area contributed by atoms with Gasteiger partial charge in [0.05, 0.1) is 0 Å². The monoisotopic (exact) mass is 301 g/mol. The number of rotatable bonds is 2. The molecule has 0 saturated carbocycles. The maximum atomic E-state index is 7.86. The Hall–Kier alpha value is -2.04. The predicted octanol–water partition coefficient (Wildman–Crippen LogP) is 2.50. The first kappa shape index (κ1) is 16.3. The summed E-state index contributed by atoms with van der Waals surface area (Å²) in [6, 6.07) is 6.59. The van der Waals surface area contributed by atoms with Gasteiger partial charge in [0.25, 0.3) is 0 Å². The molecule has 5 nitrogen and oxygen atoms in total. The van der Waals surface area contributed by atoms with Crippen LogP contribution in [0.5, 0.6) is 0 Å². The van der Waals surface area contributed by atoms with Crippen LogP contribution in [0.25, 0.3) is 0 Å². The quantitative estimate of drug-likeness (QED) is 0.430. The fourth-order valence-corrected chi connectivity index (χ4v) is 2.66. The molecule has 0 atom stereocenters. The van der Waals surface area contributed by atoms with Gasteiger partial charge in [-0.05, 0) is 63.1 Å². The molecule has 0 bridgehead atoms.